The molecular weight excluding hydrogens is 300 g/mol. The van der Waals surface area contributed by atoms with E-state index in [1.54, 1.807) is 36.6 Å². The maximum Gasteiger partial charge on any atom is 0.193 e. The van der Waals surface area contributed by atoms with E-state index in [2.05, 4.69) is 15.9 Å². The molecule has 2 nitrogen and oxygen atoms in total. The third kappa shape index (κ3) is 2.58. The van der Waals surface area contributed by atoms with Crippen LogP contribution in [0.2, 0.25) is 0 Å². The normalized spacial score (nSPS) is 10.3. The van der Waals surface area contributed by atoms with Crippen LogP contribution in [0.4, 0.5) is 0 Å². The molecule has 0 saturated carbocycles. The largest absolute Gasteiger partial charge is 0.496 e. The lowest BCUT2D eigenvalue weighted by Gasteiger charge is -2.04. The van der Waals surface area contributed by atoms with Crippen LogP contribution in [0.15, 0.2) is 34.1 Å². The smallest absolute Gasteiger partial charge is 0.193 e. The molecule has 1 heterocycles. The number of ether oxygens (including phenoxy) is 1. The van der Waals surface area contributed by atoms with Gasteiger partial charge in [0, 0.05) is 21.4 Å². The molecule has 0 aliphatic carbocycles. The molecule has 0 N–H and O–H groups in total. The van der Waals surface area contributed by atoms with Crippen LogP contribution < -0.4 is 4.74 Å². The first-order valence-corrected chi connectivity index (χ1v) is 6.72. The number of hydrogen-bond donors (Lipinski definition) is 0. The Kier molecular flexibility index (Phi) is 3.64. The SMILES string of the molecule is COc1ccc(C(=O)c2csc(C)c2)cc1Br. The zero-order valence-corrected chi connectivity index (χ0v) is 11.9. The van der Waals surface area contributed by atoms with Crippen LogP contribution in [0.25, 0.3) is 0 Å². The lowest BCUT2D eigenvalue weighted by Crippen LogP contribution is -1.99. The highest BCUT2D eigenvalue weighted by Gasteiger charge is 2.12. The van der Waals surface area contributed by atoms with Crippen molar-refractivity contribution in [3.8, 4) is 5.75 Å². The molecular formula is C13H11BrO2S. The molecule has 0 unspecified atom stereocenters. The number of benzene rings is 1. The Morgan fingerprint density at radius 2 is 2.06 bits per heavy atom. The van der Waals surface area contributed by atoms with Crippen molar-refractivity contribution < 1.29 is 9.53 Å². The molecule has 0 saturated heterocycles. The van der Waals surface area contributed by atoms with Crippen molar-refractivity contribution in [3.05, 3.63) is 50.1 Å². The fourth-order valence-corrected chi connectivity index (χ4v) is 2.76. The van der Waals surface area contributed by atoms with E-state index in [1.807, 2.05) is 18.4 Å². The Morgan fingerprint density at radius 3 is 2.59 bits per heavy atom. The van der Waals surface area contributed by atoms with Gasteiger partial charge in [-0.25, -0.2) is 0 Å². The van der Waals surface area contributed by atoms with Gasteiger partial charge in [0.05, 0.1) is 11.6 Å². The summed E-state index contributed by atoms with van der Waals surface area (Å²) in [6.07, 6.45) is 0. The molecule has 0 spiro atoms. The van der Waals surface area contributed by atoms with Crippen molar-refractivity contribution in [1.29, 1.82) is 0 Å². The van der Waals surface area contributed by atoms with Crippen LogP contribution in [0.1, 0.15) is 20.8 Å². The van der Waals surface area contributed by atoms with Gasteiger partial charge in [0.15, 0.2) is 5.78 Å². The highest BCUT2D eigenvalue weighted by atomic mass is 79.9. The van der Waals surface area contributed by atoms with Gasteiger partial charge in [0.1, 0.15) is 5.75 Å². The highest BCUT2D eigenvalue weighted by Crippen LogP contribution is 2.27. The van der Waals surface area contributed by atoms with Gasteiger partial charge < -0.3 is 4.74 Å². The Bertz CT molecular complexity index is 560. The monoisotopic (exact) mass is 310 g/mol. The second-order valence-electron chi connectivity index (χ2n) is 3.62. The molecule has 0 fully saturated rings. The molecule has 0 aliphatic heterocycles. The summed E-state index contributed by atoms with van der Waals surface area (Å²) in [6, 6.07) is 7.26. The lowest BCUT2D eigenvalue weighted by molar-refractivity contribution is 0.103. The van der Waals surface area contributed by atoms with Gasteiger partial charge in [-0.15, -0.1) is 11.3 Å². The van der Waals surface area contributed by atoms with Crippen LogP contribution >= 0.6 is 27.3 Å². The summed E-state index contributed by atoms with van der Waals surface area (Å²) in [5.41, 5.74) is 1.40. The maximum absolute atomic E-state index is 12.2. The third-order valence-corrected chi connectivity index (χ3v) is 3.89. The summed E-state index contributed by atoms with van der Waals surface area (Å²) in [5, 5.41) is 1.88. The van der Waals surface area contributed by atoms with Crippen LogP contribution in [-0.2, 0) is 0 Å². The van der Waals surface area contributed by atoms with Crippen LogP contribution in [0.5, 0.6) is 5.75 Å². The van der Waals surface area contributed by atoms with E-state index in [4.69, 9.17) is 4.74 Å². The fourth-order valence-electron chi connectivity index (χ4n) is 1.54. The number of aryl methyl sites for hydroxylation is 1. The molecule has 4 heteroatoms. The average molecular weight is 311 g/mol. The summed E-state index contributed by atoms with van der Waals surface area (Å²) in [4.78, 5) is 13.3. The lowest BCUT2D eigenvalue weighted by atomic mass is 10.1. The van der Waals surface area contributed by atoms with Gasteiger partial charge in [0.2, 0.25) is 0 Å². The number of methoxy groups -OCH3 is 1. The minimum Gasteiger partial charge on any atom is -0.496 e. The second kappa shape index (κ2) is 5.02. The number of hydrogen-bond acceptors (Lipinski definition) is 3. The second-order valence-corrected chi connectivity index (χ2v) is 5.59. The van der Waals surface area contributed by atoms with E-state index < -0.39 is 0 Å². The van der Waals surface area contributed by atoms with Crippen molar-refractivity contribution in [3.63, 3.8) is 0 Å². The number of ketones is 1. The van der Waals surface area contributed by atoms with Crippen molar-refractivity contribution in [2.45, 2.75) is 6.92 Å². The Labute approximate surface area is 112 Å². The van der Waals surface area contributed by atoms with Crippen LogP contribution in [-0.4, -0.2) is 12.9 Å². The van der Waals surface area contributed by atoms with Crippen molar-refractivity contribution in [1.82, 2.24) is 0 Å². The van der Waals surface area contributed by atoms with Gasteiger partial charge in [-0.05, 0) is 47.1 Å². The van der Waals surface area contributed by atoms with Gasteiger partial charge in [-0.2, -0.15) is 0 Å². The van der Waals surface area contributed by atoms with Gasteiger partial charge >= 0.3 is 0 Å². The molecule has 0 radical (unpaired) electrons. The summed E-state index contributed by atoms with van der Waals surface area (Å²) < 4.78 is 5.92. The Morgan fingerprint density at radius 1 is 1.29 bits per heavy atom. The third-order valence-electron chi connectivity index (χ3n) is 2.41. The first kappa shape index (κ1) is 12.3. The summed E-state index contributed by atoms with van der Waals surface area (Å²) in [7, 11) is 1.60. The maximum atomic E-state index is 12.2. The molecule has 17 heavy (non-hydrogen) atoms. The van der Waals surface area contributed by atoms with E-state index in [1.165, 1.54) is 0 Å². The van der Waals surface area contributed by atoms with Crippen LogP contribution in [0.3, 0.4) is 0 Å². The predicted molar refractivity (Wildman–Crippen MR) is 73.2 cm³/mol. The Hall–Kier alpha value is -1.13. The molecule has 2 aromatic rings. The number of carbonyl (C=O) groups excluding carboxylic acids is 1. The zero-order valence-electron chi connectivity index (χ0n) is 9.49. The van der Waals surface area contributed by atoms with E-state index in [0.29, 0.717) is 5.56 Å². The summed E-state index contributed by atoms with van der Waals surface area (Å²) >= 11 is 4.96. The number of halogens is 1. The topological polar surface area (TPSA) is 26.3 Å². The molecule has 0 atom stereocenters. The van der Waals surface area contributed by atoms with E-state index in [0.717, 1.165) is 20.7 Å². The minimum atomic E-state index is 0.0395. The molecule has 2 rings (SSSR count). The first-order valence-electron chi connectivity index (χ1n) is 5.05. The van der Waals surface area contributed by atoms with Gasteiger partial charge in [-0.1, -0.05) is 0 Å². The molecule has 1 aromatic carbocycles. The Balaban J connectivity index is 2.35. The quantitative estimate of drug-likeness (QED) is 0.799. The first-order chi connectivity index (χ1) is 8.11. The van der Waals surface area contributed by atoms with Gasteiger partial charge in [0.25, 0.3) is 0 Å². The minimum absolute atomic E-state index is 0.0395. The number of carbonyl (C=O) groups is 1. The highest BCUT2D eigenvalue weighted by molar-refractivity contribution is 9.10. The molecule has 0 aliphatic rings. The summed E-state index contributed by atoms with van der Waals surface area (Å²) in [5.74, 6) is 0.765. The van der Waals surface area contributed by atoms with Crippen molar-refractivity contribution >= 4 is 33.0 Å². The predicted octanol–water partition coefficient (Wildman–Crippen LogP) is 4.06. The number of rotatable bonds is 3. The summed E-state index contributed by atoms with van der Waals surface area (Å²) in [6.45, 7) is 1.99. The van der Waals surface area contributed by atoms with Gasteiger partial charge in [-0.3, -0.25) is 4.79 Å². The average Bonchev–Trinajstić information content (AvgIpc) is 2.75. The van der Waals surface area contributed by atoms with E-state index in [9.17, 15) is 4.79 Å². The zero-order chi connectivity index (χ0) is 12.4. The molecule has 0 amide bonds. The standard InChI is InChI=1S/C13H11BrO2S/c1-8-5-10(7-17-8)13(15)9-3-4-12(16-2)11(14)6-9/h3-7H,1-2H3. The number of thiophene rings is 1. The van der Waals surface area contributed by atoms with Crippen LogP contribution in [0, 0.1) is 6.92 Å². The molecule has 1 aromatic heterocycles. The molecule has 0 bridgehead atoms. The molecule has 88 valence electrons. The van der Waals surface area contributed by atoms with Crippen molar-refractivity contribution in [2.24, 2.45) is 0 Å². The fraction of sp³-hybridized carbons (Fsp3) is 0.154. The van der Waals surface area contributed by atoms with Crippen molar-refractivity contribution in [2.75, 3.05) is 7.11 Å². The van der Waals surface area contributed by atoms with E-state index in [-0.39, 0.29) is 5.78 Å². The van der Waals surface area contributed by atoms with E-state index >= 15 is 0 Å².